The molecule has 0 atom stereocenters. The zero-order chi connectivity index (χ0) is 13.8. The Bertz CT molecular complexity index is 548. The Hall–Kier alpha value is -2.30. The maximum atomic E-state index is 4.36. The van der Waals surface area contributed by atoms with Crippen molar-refractivity contribution in [3.8, 4) is 0 Å². The molecule has 0 fully saturated rings. The minimum Gasteiger partial charge on any atom is -0.378 e. The molecule has 0 aliphatic heterocycles. The Balaban J connectivity index is 2.18. The van der Waals surface area contributed by atoms with Gasteiger partial charge in [0.05, 0.1) is 0 Å². The summed E-state index contributed by atoms with van der Waals surface area (Å²) < 4.78 is 0. The highest BCUT2D eigenvalue weighted by Gasteiger charge is 2.02. The quantitative estimate of drug-likeness (QED) is 0.882. The molecule has 0 unspecified atom stereocenters. The van der Waals surface area contributed by atoms with E-state index in [1.807, 2.05) is 46.3 Å². The molecular formula is C14H19N5. The van der Waals surface area contributed by atoms with Gasteiger partial charge in [-0.1, -0.05) is 0 Å². The molecule has 0 spiro atoms. The topological polar surface area (TPSA) is 53.1 Å². The van der Waals surface area contributed by atoms with Crippen LogP contribution in [-0.2, 0) is 0 Å². The fraction of sp³-hybridized carbons (Fsp3) is 0.286. The zero-order valence-electron chi connectivity index (χ0n) is 11.7. The number of aryl methyl sites for hydroxylation is 1. The summed E-state index contributed by atoms with van der Waals surface area (Å²) in [5, 5.41) is 6.30. The molecule has 2 aromatic rings. The molecule has 100 valence electrons. The predicted molar refractivity (Wildman–Crippen MR) is 80.4 cm³/mol. The highest BCUT2D eigenvalue weighted by Crippen LogP contribution is 2.20. The molecule has 1 heterocycles. The zero-order valence-corrected chi connectivity index (χ0v) is 11.7. The lowest BCUT2D eigenvalue weighted by atomic mass is 10.2. The number of hydrogen-bond donors (Lipinski definition) is 2. The Morgan fingerprint density at radius 2 is 1.63 bits per heavy atom. The summed E-state index contributed by atoms with van der Waals surface area (Å²) in [4.78, 5) is 10.7. The molecule has 2 rings (SSSR count). The van der Waals surface area contributed by atoms with Gasteiger partial charge in [-0.25, -0.2) is 9.97 Å². The largest absolute Gasteiger partial charge is 0.378 e. The summed E-state index contributed by atoms with van der Waals surface area (Å²) in [7, 11) is 5.89. The van der Waals surface area contributed by atoms with Gasteiger partial charge in [-0.15, -0.1) is 0 Å². The minimum atomic E-state index is 0.735. The van der Waals surface area contributed by atoms with Crippen molar-refractivity contribution in [1.29, 1.82) is 0 Å². The van der Waals surface area contributed by atoms with Crippen LogP contribution < -0.4 is 15.5 Å². The number of benzene rings is 1. The normalized spacial score (nSPS) is 10.1. The molecule has 0 bridgehead atoms. The lowest BCUT2D eigenvalue weighted by Gasteiger charge is -2.13. The van der Waals surface area contributed by atoms with E-state index in [0.717, 1.165) is 23.1 Å². The Morgan fingerprint density at radius 3 is 2.21 bits per heavy atom. The first-order chi connectivity index (χ1) is 9.08. The van der Waals surface area contributed by atoms with Gasteiger partial charge >= 0.3 is 0 Å². The molecule has 5 heteroatoms. The number of aromatic nitrogens is 2. The number of hydrogen-bond acceptors (Lipinski definition) is 5. The smallest absolute Gasteiger partial charge is 0.136 e. The van der Waals surface area contributed by atoms with Gasteiger partial charge in [-0.2, -0.15) is 0 Å². The van der Waals surface area contributed by atoms with Crippen molar-refractivity contribution in [3.05, 3.63) is 36.2 Å². The van der Waals surface area contributed by atoms with Gasteiger partial charge in [0.25, 0.3) is 0 Å². The SMILES string of the molecule is CNc1cc(Nc2ccc(N(C)C)cc2)nc(C)n1. The van der Waals surface area contributed by atoms with E-state index in [1.54, 1.807) is 0 Å². The van der Waals surface area contributed by atoms with Gasteiger partial charge in [0.2, 0.25) is 0 Å². The second kappa shape index (κ2) is 5.56. The van der Waals surface area contributed by atoms with Crippen LogP contribution in [0.25, 0.3) is 0 Å². The highest BCUT2D eigenvalue weighted by atomic mass is 15.1. The van der Waals surface area contributed by atoms with E-state index in [9.17, 15) is 0 Å². The maximum absolute atomic E-state index is 4.36. The fourth-order valence-electron chi connectivity index (χ4n) is 1.75. The third-order valence-electron chi connectivity index (χ3n) is 2.75. The predicted octanol–water partition coefficient (Wildman–Crippen LogP) is 2.64. The van der Waals surface area contributed by atoms with Gasteiger partial charge in [0.15, 0.2) is 0 Å². The fourth-order valence-corrected chi connectivity index (χ4v) is 1.75. The van der Waals surface area contributed by atoms with Crippen molar-refractivity contribution in [2.45, 2.75) is 6.92 Å². The van der Waals surface area contributed by atoms with Crippen molar-refractivity contribution in [3.63, 3.8) is 0 Å². The van der Waals surface area contributed by atoms with Crippen molar-refractivity contribution in [2.24, 2.45) is 0 Å². The standard InChI is InChI=1S/C14H19N5/c1-10-16-13(15-2)9-14(17-10)18-11-5-7-12(8-6-11)19(3)4/h5-9H,1-4H3,(H2,15,16,17,18). The molecule has 5 nitrogen and oxygen atoms in total. The number of nitrogens with zero attached hydrogens (tertiary/aromatic N) is 3. The van der Waals surface area contributed by atoms with Crippen LogP contribution in [0.3, 0.4) is 0 Å². The molecule has 0 saturated heterocycles. The van der Waals surface area contributed by atoms with Crippen molar-refractivity contribution < 1.29 is 0 Å². The molecule has 0 saturated carbocycles. The van der Waals surface area contributed by atoms with E-state index in [2.05, 4.69) is 37.6 Å². The van der Waals surface area contributed by atoms with Gasteiger partial charge < -0.3 is 15.5 Å². The van der Waals surface area contributed by atoms with Crippen molar-refractivity contribution >= 4 is 23.0 Å². The van der Waals surface area contributed by atoms with Crippen molar-refractivity contribution in [2.75, 3.05) is 36.7 Å². The van der Waals surface area contributed by atoms with Crippen LogP contribution in [0.2, 0.25) is 0 Å². The molecule has 0 aliphatic carbocycles. The van der Waals surface area contributed by atoms with E-state index in [4.69, 9.17) is 0 Å². The van der Waals surface area contributed by atoms with E-state index < -0.39 is 0 Å². The van der Waals surface area contributed by atoms with E-state index in [1.165, 1.54) is 5.69 Å². The van der Waals surface area contributed by atoms with Crippen LogP contribution in [0.15, 0.2) is 30.3 Å². The first-order valence-corrected chi connectivity index (χ1v) is 6.16. The summed E-state index contributed by atoms with van der Waals surface area (Å²) >= 11 is 0. The molecule has 0 radical (unpaired) electrons. The van der Waals surface area contributed by atoms with Crippen LogP contribution >= 0.6 is 0 Å². The second-order valence-electron chi connectivity index (χ2n) is 4.50. The molecule has 0 amide bonds. The summed E-state index contributed by atoms with van der Waals surface area (Å²) in [5.74, 6) is 2.33. The monoisotopic (exact) mass is 257 g/mol. The summed E-state index contributed by atoms with van der Waals surface area (Å²) in [6.45, 7) is 1.88. The van der Waals surface area contributed by atoms with Crippen LogP contribution in [0, 0.1) is 6.92 Å². The maximum Gasteiger partial charge on any atom is 0.136 e. The number of anilines is 4. The summed E-state index contributed by atoms with van der Waals surface area (Å²) in [5.41, 5.74) is 2.17. The first-order valence-electron chi connectivity index (χ1n) is 6.16. The van der Waals surface area contributed by atoms with E-state index in [0.29, 0.717) is 0 Å². The highest BCUT2D eigenvalue weighted by molar-refractivity contribution is 5.62. The third-order valence-corrected chi connectivity index (χ3v) is 2.75. The molecule has 19 heavy (non-hydrogen) atoms. The Labute approximate surface area is 113 Å². The van der Waals surface area contributed by atoms with Gasteiger partial charge in [0, 0.05) is 38.6 Å². The second-order valence-corrected chi connectivity index (χ2v) is 4.50. The Kier molecular flexibility index (Phi) is 3.85. The number of nitrogens with one attached hydrogen (secondary N) is 2. The number of rotatable bonds is 4. The molecule has 1 aromatic heterocycles. The van der Waals surface area contributed by atoms with Crippen LogP contribution in [-0.4, -0.2) is 31.1 Å². The molecule has 0 aliphatic rings. The lowest BCUT2D eigenvalue weighted by molar-refractivity contribution is 1.06. The first kappa shape index (κ1) is 13.1. The third kappa shape index (κ3) is 3.34. The molecule has 2 N–H and O–H groups in total. The van der Waals surface area contributed by atoms with Crippen LogP contribution in [0.1, 0.15) is 5.82 Å². The van der Waals surface area contributed by atoms with Crippen molar-refractivity contribution in [1.82, 2.24) is 9.97 Å². The summed E-state index contributed by atoms with van der Waals surface area (Å²) in [6.07, 6.45) is 0. The van der Waals surface area contributed by atoms with E-state index >= 15 is 0 Å². The average molecular weight is 257 g/mol. The van der Waals surface area contributed by atoms with Gasteiger partial charge in [-0.05, 0) is 31.2 Å². The minimum absolute atomic E-state index is 0.735. The van der Waals surface area contributed by atoms with Gasteiger partial charge in [0.1, 0.15) is 17.5 Å². The lowest BCUT2D eigenvalue weighted by Crippen LogP contribution is -2.08. The molecular weight excluding hydrogens is 238 g/mol. The van der Waals surface area contributed by atoms with Crippen LogP contribution in [0.4, 0.5) is 23.0 Å². The average Bonchev–Trinajstić information content (AvgIpc) is 2.38. The van der Waals surface area contributed by atoms with Gasteiger partial charge in [-0.3, -0.25) is 0 Å². The Morgan fingerprint density at radius 1 is 1.00 bits per heavy atom. The van der Waals surface area contributed by atoms with Crippen LogP contribution in [0.5, 0.6) is 0 Å². The van der Waals surface area contributed by atoms with E-state index in [-0.39, 0.29) is 0 Å². The molecule has 1 aromatic carbocycles. The summed E-state index contributed by atoms with van der Waals surface area (Å²) in [6, 6.07) is 10.1.